The number of benzene rings is 2. The van der Waals surface area contributed by atoms with E-state index in [1.807, 2.05) is 18.2 Å². The van der Waals surface area contributed by atoms with E-state index in [2.05, 4.69) is 48.8 Å². The first kappa shape index (κ1) is 16.7. The Hall–Kier alpha value is -2.13. The molecule has 0 fully saturated rings. The van der Waals surface area contributed by atoms with Gasteiger partial charge in [0.1, 0.15) is 6.04 Å². The molecule has 2 aromatic rings. The van der Waals surface area contributed by atoms with E-state index in [1.54, 1.807) is 0 Å². The Morgan fingerprint density at radius 3 is 2.71 bits per heavy atom. The van der Waals surface area contributed by atoms with E-state index in [0.717, 1.165) is 6.42 Å². The minimum atomic E-state index is 0.145. The SMILES string of the molecule is C[NH+](CC(=O)NCCc1ccccc1)[C@H]1CCCc2ccccc21. The van der Waals surface area contributed by atoms with Gasteiger partial charge in [-0.15, -0.1) is 0 Å². The molecule has 1 aliphatic rings. The Bertz CT molecular complexity index is 669. The molecule has 0 bridgehead atoms. The van der Waals surface area contributed by atoms with Crippen LogP contribution in [0.15, 0.2) is 54.6 Å². The number of aryl methyl sites for hydroxylation is 1. The predicted octanol–water partition coefficient (Wildman–Crippen LogP) is 1.94. The van der Waals surface area contributed by atoms with Crippen LogP contribution in [0.3, 0.4) is 0 Å². The van der Waals surface area contributed by atoms with Crippen molar-refractivity contribution in [2.24, 2.45) is 0 Å². The molecule has 2 N–H and O–H groups in total. The van der Waals surface area contributed by atoms with E-state index < -0.39 is 0 Å². The van der Waals surface area contributed by atoms with Gasteiger partial charge in [-0.1, -0.05) is 54.6 Å². The van der Waals surface area contributed by atoms with Gasteiger partial charge in [-0.3, -0.25) is 4.79 Å². The number of carbonyl (C=O) groups is 1. The fraction of sp³-hybridized carbons (Fsp3) is 0.381. The second-order valence-electron chi connectivity index (χ2n) is 6.75. The Morgan fingerprint density at radius 2 is 1.88 bits per heavy atom. The zero-order valence-corrected chi connectivity index (χ0v) is 14.4. The number of amides is 1. The number of carbonyl (C=O) groups excluding carboxylic acids is 1. The fourth-order valence-electron chi connectivity index (χ4n) is 3.70. The number of nitrogens with one attached hydrogen (secondary N) is 2. The zero-order chi connectivity index (χ0) is 16.8. The van der Waals surface area contributed by atoms with Gasteiger partial charge in [0.2, 0.25) is 0 Å². The lowest BCUT2D eigenvalue weighted by Crippen LogP contribution is -3.10. The molecule has 0 saturated carbocycles. The second-order valence-corrected chi connectivity index (χ2v) is 6.75. The first-order valence-electron chi connectivity index (χ1n) is 8.95. The average molecular weight is 323 g/mol. The summed E-state index contributed by atoms with van der Waals surface area (Å²) in [7, 11) is 2.14. The van der Waals surface area contributed by atoms with Gasteiger partial charge in [0, 0.05) is 18.5 Å². The summed E-state index contributed by atoms with van der Waals surface area (Å²) in [6.07, 6.45) is 4.44. The van der Waals surface area contributed by atoms with Crippen LogP contribution >= 0.6 is 0 Å². The summed E-state index contributed by atoms with van der Waals surface area (Å²) in [6.45, 7) is 1.24. The Morgan fingerprint density at radius 1 is 1.12 bits per heavy atom. The van der Waals surface area contributed by atoms with Crippen molar-refractivity contribution in [1.82, 2.24) is 5.32 Å². The highest BCUT2D eigenvalue weighted by Crippen LogP contribution is 2.27. The molecule has 0 radical (unpaired) electrons. The average Bonchev–Trinajstić information content (AvgIpc) is 2.62. The second kappa shape index (κ2) is 8.11. The zero-order valence-electron chi connectivity index (χ0n) is 14.4. The maximum Gasteiger partial charge on any atom is 0.275 e. The lowest BCUT2D eigenvalue weighted by atomic mass is 9.87. The van der Waals surface area contributed by atoms with Crippen molar-refractivity contribution >= 4 is 5.91 Å². The first-order chi connectivity index (χ1) is 11.7. The first-order valence-corrected chi connectivity index (χ1v) is 8.95. The summed E-state index contributed by atoms with van der Waals surface area (Å²) < 4.78 is 0. The largest absolute Gasteiger partial charge is 0.351 e. The van der Waals surface area contributed by atoms with Crippen LogP contribution in [0.2, 0.25) is 0 Å². The van der Waals surface area contributed by atoms with Gasteiger partial charge in [0.15, 0.2) is 6.54 Å². The molecule has 0 saturated heterocycles. The molecule has 0 heterocycles. The van der Waals surface area contributed by atoms with Crippen LogP contribution in [0, 0.1) is 0 Å². The summed E-state index contributed by atoms with van der Waals surface area (Å²) in [5, 5.41) is 3.07. The third-order valence-electron chi connectivity index (χ3n) is 4.98. The molecule has 0 aromatic heterocycles. The number of hydrogen-bond acceptors (Lipinski definition) is 1. The van der Waals surface area contributed by atoms with Gasteiger partial charge in [-0.25, -0.2) is 0 Å². The molecule has 2 atom stereocenters. The molecule has 0 aliphatic heterocycles. The smallest absolute Gasteiger partial charge is 0.275 e. The molecular formula is C21H27N2O+. The number of quaternary nitrogens is 1. The number of hydrogen-bond donors (Lipinski definition) is 2. The summed E-state index contributed by atoms with van der Waals surface area (Å²) in [4.78, 5) is 13.6. The molecule has 1 unspecified atom stereocenters. The van der Waals surface area contributed by atoms with Gasteiger partial charge in [-0.05, 0) is 30.4 Å². The third-order valence-corrected chi connectivity index (χ3v) is 4.98. The van der Waals surface area contributed by atoms with Crippen molar-refractivity contribution in [3.05, 3.63) is 71.3 Å². The van der Waals surface area contributed by atoms with Crippen molar-refractivity contribution in [3.8, 4) is 0 Å². The number of rotatable bonds is 6. The maximum absolute atomic E-state index is 12.3. The summed E-state index contributed by atoms with van der Waals surface area (Å²) >= 11 is 0. The molecule has 3 nitrogen and oxygen atoms in total. The monoisotopic (exact) mass is 323 g/mol. The highest BCUT2D eigenvalue weighted by molar-refractivity contribution is 5.76. The van der Waals surface area contributed by atoms with Crippen molar-refractivity contribution in [1.29, 1.82) is 0 Å². The minimum absolute atomic E-state index is 0.145. The predicted molar refractivity (Wildman–Crippen MR) is 97.0 cm³/mol. The molecular weight excluding hydrogens is 296 g/mol. The van der Waals surface area contributed by atoms with Crippen LogP contribution < -0.4 is 10.2 Å². The van der Waals surface area contributed by atoms with E-state index >= 15 is 0 Å². The Balaban J connectivity index is 1.50. The van der Waals surface area contributed by atoms with Crippen LogP contribution in [0.25, 0.3) is 0 Å². The molecule has 1 amide bonds. The van der Waals surface area contributed by atoms with Crippen LogP contribution in [-0.4, -0.2) is 26.0 Å². The fourth-order valence-corrected chi connectivity index (χ4v) is 3.70. The van der Waals surface area contributed by atoms with Crippen LogP contribution in [0.4, 0.5) is 0 Å². The molecule has 24 heavy (non-hydrogen) atoms. The molecule has 3 heteroatoms. The molecule has 1 aliphatic carbocycles. The van der Waals surface area contributed by atoms with E-state index in [-0.39, 0.29) is 5.91 Å². The van der Waals surface area contributed by atoms with E-state index in [0.29, 0.717) is 19.1 Å². The summed E-state index contributed by atoms with van der Waals surface area (Å²) in [5.74, 6) is 0.145. The van der Waals surface area contributed by atoms with Gasteiger partial charge in [0.05, 0.1) is 7.05 Å². The Labute approximate surface area is 144 Å². The van der Waals surface area contributed by atoms with Crippen molar-refractivity contribution < 1.29 is 9.69 Å². The maximum atomic E-state index is 12.3. The third kappa shape index (κ3) is 4.24. The number of likely N-dealkylation sites (N-methyl/N-ethyl adjacent to an activating group) is 1. The van der Waals surface area contributed by atoms with E-state index in [4.69, 9.17) is 0 Å². The number of fused-ring (bicyclic) bond motifs is 1. The van der Waals surface area contributed by atoms with Crippen LogP contribution in [-0.2, 0) is 17.6 Å². The standard InChI is InChI=1S/C21H26N2O/c1-23(20-13-7-11-18-10-5-6-12-19(18)20)16-21(24)22-15-14-17-8-3-2-4-9-17/h2-6,8-10,12,20H,7,11,13-16H2,1H3,(H,22,24)/p+1/t20-/m0/s1. The normalized spacial score (nSPS) is 17.8. The van der Waals surface area contributed by atoms with Crippen LogP contribution in [0.1, 0.15) is 35.6 Å². The van der Waals surface area contributed by atoms with Crippen molar-refractivity contribution in [2.45, 2.75) is 31.7 Å². The van der Waals surface area contributed by atoms with Gasteiger partial charge in [0.25, 0.3) is 5.91 Å². The van der Waals surface area contributed by atoms with Crippen molar-refractivity contribution in [2.75, 3.05) is 20.1 Å². The summed E-state index contributed by atoms with van der Waals surface area (Å²) in [6, 6.07) is 19.4. The highest BCUT2D eigenvalue weighted by atomic mass is 16.2. The van der Waals surface area contributed by atoms with Crippen molar-refractivity contribution in [3.63, 3.8) is 0 Å². The van der Waals surface area contributed by atoms with Gasteiger partial charge < -0.3 is 10.2 Å². The van der Waals surface area contributed by atoms with Gasteiger partial charge >= 0.3 is 0 Å². The highest BCUT2D eigenvalue weighted by Gasteiger charge is 2.27. The minimum Gasteiger partial charge on any atom is -0.351 e. The topological polar surface area (TPSA) is 33.5 Å². The summed E-state index contributed by atoms with van der Waals surface area (Å²) in [5.41, 5.74) is 4.15. The molecule has 126 valence electrons. The van der Waals surface area contributed by atoms with E-state index in [1.165, 1.54) is 40.9 Å². The molecule has 0 spiro atoms. The van der Waals surface area contributed by atoms with Crippen LogP contribution in [0.5, 0.6) is 0 Å². The van der Waals surface area contributed by atoms with Gasteiger partial charge in [-0.2, -0.15) is 0 Å². The molecule has 3 rings (SSSR count). The lowest BCUT2D eigenvalue weighted by Gasteiger charge is -2.30. The molecule has 2 aromatic carbocycles. The quantitative estimate of drug-likeness (QED) is 0.837. The van der Waals surface area contributed by atoms with E-state index in [9.17, 15) is 4.79 Å². The lowest BCUT2D eigenvalue weighted by molar-refractivity contribution is -0.905. The Kier molecular flexibility index (Phi) is 5.65.